The molecule has 1 aromatic carbocycles. The summed E-state index contributed by atoms with van der Waals surface area (Å²) in [5.74, 6) is -0.538. The molecule has 0 radical (unpaired) electrons. The summed E-state index contributed by atoms with van der Waals surface area (Å²) in [6, 6.07) is 5.79. The van der Waals surface area contributed by atoms with E-state index in [1.807, 2.05) is 6.07 Å². The van der Waals surface area contributed by atoms with Crippen LogP contribution in [0.25, 0.3) is 0 Å². The van der Waals surface area contributed by atoms with E-state index in [4.69, 9.17) is 5.26 Å². The topological polar surface area (TPSA) is 44.1 Å². The molecule has 2 rings (SSSR count). The molecule has 1 unspecified atom stereocenters. The Balaban J connectivity index is 2.44. The Hall–Kier alpha value is -1.41. The third kappa shape index (κ3) is 1.93. The molecule has 1 atom stereocenters. The maximum atomic E-state index is 13.1. The molecule has 1 aliphatic heterocycles. The summed E-state index contributed by atoms with van der Waals surface area (Å²) in [7, 11) is 0. The van der Waals surface area contributed by atoms with E-state index in [0.717, 1.165) is 0 Å². The highest BCUT2D eigenvalue weighted by molar-refractivity contribution is 9.09. The second-order valence-corrected chi connectivity index (χ2v) is 4.87. The Labute approximate surface area is 101 Å². The molecule has 0 aliphatic carbocycles. The zero-order valence-corrected chi connectivity index (χ0v) is 9.87. The molecule has 1 aliphatic rings. The van der Waals surface area contributed by atoms with Gasteiger partial charge in [0.05, 0.1) is 11.3 Å². The van der Waals surface area contributed by atoms with Gasteiger partial charge in [-0.3, -0.25) is 4.79 Å². The molecule has 0 N–H and O–H groups in total. The third-order valence-corrected chi connectivity index (χ3v) is 3.06. The Morgan fingerprint density at radius 1 is 1.56 bits per heavy atom. The van der Waals surface area contributed by atoms with Crippen molar-refractivity contribution in [2.45, 2.75) is 11.2 Å². The van der Waals surface area contributed by atoms with Gasteiger partial charge in [-0.25, -0.2) is 4.39 Å². The Morgan fingerprint density at radius 2 is 2.31 bits per heavy atom. The van der Waals surface area contributed by atoms with Gasteiger partial charge in [-0.05, 0) is 18.2 Å². The summed E-state index contributed by atoms with van der Waals surface area (Å²) in [5.41, 5.74) is 0.672. The van der Waals surface area contributed by atoms with Crippen LogP contribution in [0.2, 0.25) is 0 Å². The van der Waals surface area contributed by atoms with Gasteiger partial charge in [-0.15, -0.1) is 0 Å². The van der Waals surface area contributed by atoms with Gasteiger partial charge in [0.1, 0.15) is 11.9 Å². The Kier molecular flexibility index (Phi) is 2.92. The number of alkyl halides is 1. The fourth-order valence-corrected chi connectivity index (χ4v) is 2.29. The van der Waals surface area contributed by atoms with Crippen LogP contribution in [-0.2, 0) is 4.79 Å². The molecule has 3 nitrogen and oxygen atoms in total. The van der Waals surface area contributed by atoms with Crippen molar-refractivity contribution in [3.8, 4) is 6.07 Å². The van der Waals surface area contributed by atoms with Crippen LogP contribution in [0.1, 0.15) is 12.0 Å². The molecular weight excluding hydrogens is 275 g/mol. The average molecular weight is 283 g/mol. The van der Waals surface area contributed by atoms with Gasteiger partial charge in [0.15, 0.2) is 0 Å². The molecule has 16 heavy (non-hydrogen) atoms. The van der Waals surface area contributed by atoms with E-state index < -0.39 is 5.82 Å². The lowest BCUT2D eigenvalue weighted by molar-refractivity contribution is -0.117. The number of amides is 1. The van der Waals surface area contributed by atoms with Crippen molar-refractivity contribution >= 4 is 27.5 Å². The van der Waals surface area contributed by atoms with Gasteiger partial charge in [0.25, 0.3) is 0 Å². The van der Waals surface area contributed by atoms with Crippen LogP contribution in [0.3, 0.4) is 0 Å². The van der Waals surface area contributed by atoms with Crippen molar-refractivity contribution in [1.29, 1.82) is 5.26 Å². The van der Waals surface area contributed by atoms with Gasteiger partial charge in [0, 0.05) is 17.8 Å². The van der Waals surface area contributed by atoms with Crippen LogP contribution in [-0.4, -0.2) is 17.3 Å². The van der Waals surface area contributed by atoms with Crippen molar-refractivity contribution in [2.75, 3.05) is 11.4 Å². The fourth-order valence-electron chi connectivity index (χ4n) is 1.72. The van der Waals surface area contributed by atoms with E-state index in [1.165, 1.54) is 23.1 Å². The minimum atomic E-state index is -0.445. The second kappa shape index (κ2) is 4.22. The van der Waals surface area contributed by atoms with Gasteiger partial charge in [0.2, 0.25) is 5.91 Å². The van der Waals surface area contributed by atoms with E-state index in [0.29, 0.717) is 24.2 Å². The molecule has 1 fully saturated rings. The van der Waals surface area contributed by atoms with Gasteiger partial charge in [-0.2, -0.15) is 5.26 Å². The first-order chi connectivity index (χ1) is 7.61. The lowest BCUT2D eigenvalue weighted by Crippen LogP contribution is -2.25. The van der Waals surface area contributed by atoms with Crippen molar-refractivity contribution < 1.29 is 9.18 Å². The highest BCUT2D eigenvalue weighted by Crippen LogP contribution is 2.28. The average Bonchev–Trinajstić information content (AvgIpc) is 2.57. The van der Waals surface area contributed by atoms with Gasteiger partial charge in [-0.1, -0.05) is 15.9 Å². The largest absolute Gasteiger partial charge is 0.310 e. The molecule has 1 heterocycles. The van der Waals surface area contributed by atoms with Crippen LogP contribution in [0.5, 0.6) is 0 Å². The highest BCUT2D eigenvalue weighted by atomic mass is 79.9. The third-order valence-electron chi connectivity index (χ3n) is 2.45. The molecule has 5 heteroatoms. The number of nitrogens with zero attached hydrogens (tertiary/aromatic N) is 2. The fraction of sp³-hybridized carbons (Fsp3) is 0.273. The number of hydrogen-bond donors (Lipinski definition) is 0. The molecule has 0 bridgehead atoms. The first-order valence-electron chi connectivity index (χ1n) is 4.76. The standard InChI is InChI=1S/C11H8BrFN2O/c12-8-3-11(16)15(6-8)10-4-9(13)2-1-7(10)5-14/h1-2,4,8H,3,6H2. The van der Waals surface area contributed by atoms with Crippen molar-refractivity contribution in [3.63, 3.8) is 0 Å². The number of rotatable bonds is 1. The number of nitriles is 1. The zero-order valence-electron chi connectivity index (χ0n) is 8.28. The van der Waals surface area contributed by atoms with Crippen LogP contribution in [0, 0.1) is 17.1 Å². The van der Waals surface area contributed by atoms with E-state index >= 15 is 0 Å². The molecule has 0 saturated carbocycles. The van der Waals surface area contributed by atoms with E-state index in [-0.39, 0.29) is 10.7 Å². The predicted octanol–water partition coefficient (Wildman–Crippen LogP) is 2.20. The highest BCUT2D eigenvalue weighted by Gasteiger charge is 2.30. The number of carbonyl (C=O) groups is 1. The second-order valence-electron chi connectivity index (χ2n) is 3.58. The predicted molar refractivity (Wildman–Crippen MR) is 60.8 cm³/mol. The lowest BCUT2D eigenvalue weighted by Gasteiger charge is -2.17. The van der Waals surface area contributed by atoms with Crippen molar-refractivity contribution in [3.05, 3.63) is 29.6 Å². The molecule has 82 valence electrons. The van der Waals surface area contributed by atoms with Crippen LogP contribution in [0.4, 0.5) is 10.1 Å². The molecule has 0 aromatic heterocycles. The van der Waals surface area contributed by atoms with Crippen molar-refractivity contribution in [2.24, 2.45) is 0 Å². The molecule has 1 aromatic rings. The smallest absolute Gasteiger partial charge is 0.228 e. The zero-order chi connectivity index (χ0) is 11.7. The van der Waals surface area contributed by atoms with Crippen LogP contribution in [0.15, 0.2) is 18.2 Å². The Bertz CT molecular complexity index is 483. The monoisotopic (exact) mass is 282 g/mol. The number of benzene rings is 1. The summed E-state index contributed by atoms with van der Waals surface area (Å²) in [6.45, 7) is 0.469. The summed E-state index contributed by atoms with van der Waals surface area (Å²) in [5, 5.41) is 8.90. The maximum absolute atomic E-state index is 13.1. The van der Waals surface area contributed by atoms with E-state index in [1.54, 1.807) is 0 Å². The first kappa shape index (κ1) is 11.1. The molecular formula is C11H8BrFN2O. The first-order valence-corrected chi connectivity index (χ1v) is 5.67. The van der Waals surface area contributed by atoms with Gasteiger partial charge >= 0.3 is 0 Å². The number of halogens is 2. The molecule has 1 saturated heterocycles. The minimum absolute atomic E-state index is 0.0646. The molecule has 1 amide bonds. The summed E-state index contributed by atoms with van der Waals surface area (Å²) < 4.78 is 13.1. The number of anilines is 1. The lowest BCUT2D eigenvalue weighted by atomic mass is 10.1. The summed E-state index contributed by atoms with van der Waals surface area (Å²) in [6.07, 6.45) is 0.376. The summed E-state index contributed by atoms with van der Waals surface area (Å²) in [4.78, 5) is 13.1. The number of hydrogen-bond acceptors (Lipinski definition) is 2. The number of carbonyl (C=O) groups excluding carboxylic acids is 1. The van der Waals surface area contributed by atoms with E-state index in [2.05, 4.69) is 15.9 Å². The van der Waals surface area contributed by atoms with Gasteiger partial charge < -0.3 is 4.90 Å². The Morgan fingerprint density at radius 3 is 2.88 bits per heavy atom. The van der Waals surface area contributed by atoms with E-state index in [9.17, 15) is 9.18 Å². The minimum Gasteiger partial charge on any atom is -0.310 e. The maximum Gasteiger partial charge on any atom is 0.228 e. The normalized spacial score (nSPS) is 19.9. The van der Waals surface area contributed by atoms with Crippen molar-refractivity contribution in [1.82, 2.24) is 0 Å². The quantitative estimate of drug-likeness (QED) is 0.742. The SMILES string of the molecule is N#Cc1ccc(F)cc1N1CC(Br)CC1=O. The summed E-state index contributed by atoms with van der Waals surface area (Å²) >= 11 is 3.34. The van der Waals surface area contributed by atoms with Crippen LogP contribution >= 0.6 is 15.9 Å². The van der Waals surface area contributed by atoms with Crippen LogP contribution < -0.4 is 4.90 Å². The molecule has 0 spiro atoms.